The topological polar surface area (TPSA) is 115 Å². The summed E-state index contributed by atoms with van der Waals surface area (Å²) < 4.78 is 10.1. The Morgan fingerprint density at radius 3 is 2.47 bits per heavy atom. The van der Waals surface area contributed by atoms with E-state index in [2.05, 4.69) is 25.6 Å². The zero-order chi connectivity index (χ0) is 21.7. The molecule has 30 heavy (non-hydrogen) atoms. The lowest BCUT2D eigenvalue weighted by Crippen LogP contribution is -2.15. The van der Waals surface area contributed by atoms with Crippen LogP contribution in [0, 0.1) is 13.8 Å². The van der Waals surface area contributed by atoms with Gasteiger partial charge in [0.05, 0.1) is 30.7 Å². The maximum Gasteiger partial charge on any atom is 0.350 e. The van der Waals surface area contributed by atoms with E-state index in [0.717, 1.165) is 11.3 Å². The number of rotatable bonds is 7. The summed E-state index contributed by atoms with van der Waals surface area (Å²) in [6.07, 6.45) is 1.44. The van der Waals surface area contributed by atoms with Crippen LogP contribution < -0.4 is 15.4 Å². The lowest BCUT2D eigenvalue weighted by Gasteiger charge is -2.09. The molecule has 0 aliphatic rings. The zero-order valence-electron chi connectivity index (χ0n) is 17.0. The fourth-order valence-corrected chi connectivity index (χ4v) is 3.41. The molecule has 0 bridgehead atoms. The average molecular weight is 427 g/mol. The molecule has 0 fully saturated rings. The summed E-state index contributed by atoms with van der Waals surface area (Å²) in [7, 11) is 1.58. The highest BCUT2D eigenvalue weighted by Gasteiger charge is 2.18. The van der Waals surface area contributed by atoms with Crippen LogP contribution in [0.15, 0.2) is 30.5 Å². The number of methoxy groups -OCH3 is 1. The van der Waals surface area contributed by atoms with Gasteiger partial charge in [0.15, 0.2) is 5.13 Å². The molecule has 2 aromatic heterocycles. The van der Waals surface area contributed by atoms with E-state index in [1.807, 2.05) is 0 Å². The molecule has 0 saturated carbocycles. The predicted octanol–water partition coefficient (Wildman–Crippen LogP) is 3.73. The van der Waals surface area contributed by atoms with Crippen molar-refractivity contribution in [2.75, 3.05) is 24.4 Å². The molecule has 2 heterocycles. The molecular formula is C20H21N5O4S. The van der Waals surface area contributed by atoms with Crippen molar-refractivity contribution in [3.8, 4) is 5.75 Å². The fraction of sp³-hybridized carbons (Fsp3) is 0.250. The van der Waals surface area contributed by atoms with Gasteiger partial charge in [0.1, 0.15) is 10.6 Å². The third kappa shape index (κ3) is 4.90. The van der Waals surface area contributed by atoms with E-state index in [1.165, 1.54) is 6.20 Å². The average Bonchev–Trinajstić information content (AvgIpc) is 3.09. The van der Waals surface area contributed by atoms with Crippen molar-refractivity contribution in [2.24, 2.45) is 0 Å². The number of anilines is 3. The Morgan fingerprint density at radius 2 is 1.83 bits per heavy atom. The van der Waals surface area contributed by atoms with Crippen molar-refractivity contribution < 1.29 is 19.1 Å². The minimum atomic E-state index is -0.414. The van der Waals surface area contributed by atoms with Crippen LogP contribution in [-0.2, 0) is 4.74 Å². The number of amides is 1. The summed E-state index contributed by atoms with van der Waals surface area (Å²) >= 11 is 1.16. The molecule has 0 aliphatic carbocycles. The van der Waals surface area contributed by atoms with E-state index in [1.54, 1.807) is 52.1 Å². The lowest BCUT2D eigenvalue weighted by atomic mass is 10.2. The summed E-state index contributed by atoms with van der Waals surface area (Å²) in [6, 6.07) is 7.00. The molecule has 1 amide bonds. The maximum absolute atomic E-state index is 12.5. The van der Waals surface area contributed by atoms with E-state index in [-0.39, 0.29) is 11.9 Å². The molecule has 1 aromatic carbocycles. The Kier molecular flexibility index (Phi) is 6.58. The van der Waals surface area contributed by atoms with Gasteiger partial charge >= 0.3 is 5.97 Å². The van der Waals surface area contributed by atoms with Crippen LogP contribution in [-0.4, -0.2) is 40.5 Å². The second-order valence-corrected chi connectivity index (χ2v) is 7.15. The summed E-state index contributed by atoms with van der Waals surface area (Å²) in [5.41, 5.74) is 2.04. The van der Waals surface area contributed by atoms with Crippen molar-refractivity contribution in [2.45, 2.75) is 20.8 Å². The zero-order valence-corrected chi connectivity index (χ0v) is 17.8. The fourth-order valence-electron chi connectivity index (χ4n) is 2.55. The van der Waals surface area contributed by atoms with Crippen LogP contribution in [0.3, 0.4) is 0 Å². The number of ether oxygens (including phenoxy) is 2. The van der Waals surface area contributed by atoms with Crippen LogP contribution >= 0.6 is 11.3 Å². The molecule has 3 rings (SSSR count). The van der Waals surface area contributed by atoms with Crippen molar-refractivity contribution in [1.82, 2.24) is 15.0 Å². The molecule has 2 N–H and O–H groups in total. The summed E-state index contributed by atoms with van der Waals surface area (Å²) in [5, 5.41) is 6.22. The molecule has 9 nitrogen and oxygen atoms in total. The molecule has 0 unspecified atom stereocenters. The molecule has 0 spiro atoms. The largest absolute Gasteiger partial charge is 0.497 e. The SMILES string of the molecule is CCOC(=O)c1sc(Nc2ncc(C(=O)Nc3ccc(OC)cc3)c(C)n2)nc1C. The third-order valence-corrected chi connectivity index (χ3v) is 5.10. The van der Waals surface area contributed by atoms with Crippen LogP contribution in [0.4, 0.5) is 16.8 Å². The summed E-state index contributed by atoms with van der Waals surface area (Å²) in [5.74, 6) is 0.242. The molecule has 156 valence electrons. The van der Waals surface area contributed by atoms with Crippen molar-refractivity contribution in [3.05, 3.63) is 52.3 Å². The normalized spacial score (nSPS) is 10.4. The first-order chi connectivity index (χ1) is 14.4. The monoisotopic (exact) mass is 427 g/mol. The second kappa shape index (κ2) is 9.31. The molecule has 0 radical (unpaired) electrons. The number of esters is 1. The molecule has 0 saturated heterocycles. The Bertz CT molecular complexity index is 1070. The van der Waals surface area contributed by atoms with Gasteiger partial charge in [0.25, 0.3) is 5.91 Å². The van der Waals surface area contributed by atoms with Gasteiger partial charge in [0.2, 0.25) is 5.95 Å². The number of aromatic nitrogens is 3. The number of benzene rings is 1. The molecular weight excluding hydrogens is 406 g/mol. The smallest absolute Gasteiger partial charge is 0.350 e. The van der Waals surface area contributed by atoms with E-state index in [9.17, 15) is 9.59 Å². The Hall–Kier alpha value is -3.53. The quantitative estimate of drug-likeness (QED) is 0.548. The predicted molar refractivity (Wildman–Crippen MR) is 114 cm³/mol. The highest BCUT2D eigenvalue weighted by molar-refractivity contribution is 7.17. The number of hydrogen-bond donors (Lipinski definition) is 2. The Balaban J connectivity index is 1.71. The Morgan fingerprint density at radius 1 is 1.10 bits per heavy atom. The first-order valence-electron chi connectivity index (χ1n) is 9.12. The van der Waals surface area contributed by atoms with Crippen LogP contribution in [0.1, 0.15) is 38.3 Å². The Labute approximate surface area is 177 Å². The lowest BCUT2D eigenvalue weighted by molar-refractivity contribution is 0.0531. The van der Waals surface area contributed by atoms with Crippen molar-refractivity contribution in [1.29, 1.82) is 0 Å². The number of nitrogens with zero attached hydrogens (tertiary/aromatic N) is 3. The highest BCUT2D eigenvalue weighted by atomic mass is 32.1. The van der Waals surface area contributed by atoms with Gasteiger partial charge in [-0.15, -0.1) is 0 Å². The first-order valence-corrected chi connectivity index (χ1v) is 9.93. The maximum atomic E-state index is 12.5. The van der Waals surface area contributed by atoms with E-state index < -0.39 is 5.97 Å². The van der Waals surface area contributed by atoms with Gasteiger partial charge in [-0.2, -0.15) is 0 Å². The van der Waals surface area contributed by atoms with Crippen LogP contribution in [0.25, 0.3) is 0 Å². The van der Waals surface area contributed by atoms with Crippen molar-refractivity contribution >= 4 is 40.0 Å². The number of hydrogen-bond acceptors (Lipinski definition) is 9. The standard InChI is InChI=1S/C20H21N5O4S/c1-5-29-18(27)16-12(3)23-20(30-16)25-19-21-10-15(11(2)22-19)17(26)24-13-6-8-14(28-4)9-7-13/h6-10H,5H2,1-4H3,(H,24,26)(H,21,22,23,25). The minimum Gasteiger partial charge on any atom is -0.497 e. The summed E-state index contributed by atoms with van der Waals surface area (Å²) in [4.78, 5) is 37.7. The second-order valence-electron chi connectivity index (χ2n) is 6.15. The molecule has 0 atom stereocenters. The minimum absolute atomic E-state index is 0.276. The number of carbonyl (C=O) groups is 2. The van der Waals surface area contributed by atoms with Gasteiger partial charge in [-0.25, -0.2) is 19.7 Å². The van der Waals surface area contributed by atoms with Crippen molar-refractivity contribution in [3.63, 3.8) is 0 Å². The van der Waals surface area contributed by atoms with E-state index in [4.69, 9.17) is 9.47 Å². The van der Waals surface area contributed by atoms with Crippen LogP contribution in [0.5, 0.6) is 5.75 Å². The third-order valence-electron chi connectivity index (χ3n) is 4.05. The number of aryl methyl sites for hydroxylation is 2. The highest BCUT2D eigenvalue weighted by Crippen LogP contribution is 2.25. The molecule has 0 aliphatic heterocycles. The van der Waals surface area contributed by atoms with E-state index in [0.29, 0.717) is 45.0 Å². The van der Waals surface area contributed by atoms with Crippen LogP contribution in [0.2, 0.25) is 0 Å². The van der Waals surface area contributed by atoms with Gasteiger partial charge < -0.3 is 20.1 Å². The molecule has 3 aromatic rings. The van der Waals surface area contributed by atoms with Gasteiger partial charge in [-0.1, -0.05) is 11.3 Å². The van der Waals surface area contributed by atoms with E-state index >= 15 is 0 Å². The number of thiazole rings is 1. The van der Waals surface area contributed by atoms with Gasteiger partial charge in [-0.3, -0.25) is 4.79 Å². The first kappa shape index (κ1) is 21.2. The summed E-state index contributed by atoms with van der Waals surface area (Å²) in [6.45, 7) is 5.48. The number of carbonyl (C=O) groups excluding carboxylic acids is 2. The number of nitrogens with one attached hydrogen (secondary N) is 2. The molecule has 10 heteroatoms. The van der Waals surface area contributed by atoms with Gasteiger partial charge in [0, 0.05) is 11.9 Å². The van der Waals surface area contributed by atoms with Gasteiger partial charge in [-0.05, 0) is 45.0 Å².